The summed E-state index contributed by atoms with van der Waals surface area (Å²) < 4.78 is 19.1. The zero-order valence-corrected chi connectivity index (χ0v) is 20.7. The van der Waals surface area contributed by atoms with Gasteiger partial charge in [0.1, 0.15) is 11.4 Å². The molecule has 0 spiro atoms. The topological polar surface area (TPSA) is 60.4 Å². The summed E-state index contributed by atoms with van der Waals surface area (Å²) in [5, 5.41) is 3.44. The summed E-state index contributed by atoms with van der Waals surface area (Å²) in [6.07, 6.45) is -0.266. The lowest BCUT2D eigenvalue weighted by Gasteiger charge is -2.39. The van der Waals surface area contributed by atoms with Crippen LogP contribution in [0.4, 0.5) is 9.18 Å². The van der Waals surface area contributed by atoms with E-state index in [0.717, 1.165) is 11.5 Å². The molecular formula is C21H33FIN5O2. The van der Waals surface area contributed by atoms with Gasteiger partial charge in [-0.3, -0.25) is 4.99 Å². The highest BCUT2D eigenvalue weighted by Crippen LogP contribution is 2.21. The number of amides is 1. The van der Waals surface area contributed by atoms with Crippen molar-refractivity contribution in [3.8, 4) is 0 Å². The molecule has 2 atom stereocenters. The van der Waals surface area contributed by atoms with E-state index in [1.54, 1.807) is 17.0 Å². The van der Waals surface area contributed by atoms with Crippen molar-refractivity contribution < 1.29 is 13.9 Å². The molecule has 2 heterocycles. The molecule has 0 radical (unpaired) electrons. The Morgan fingerprint density at radius 2 is 2.10 bits per heavy atom. The van der Waals surface area contributed by atoms with Crippen LogP contribution in [-0.2, 0) is 4.74 Å². The normalized spacial score (nSPS) is 19.7. The fourth-order valence-corrected chi connectivity index (χ4v) is 3.72. The molecule has 9 heteroatoms. The van der Waals surface area contributed by atoms with Crippen LogP contribution in [0.1, 0.15) is 32.4 Å². The van der Waals surface area contributed by atoms with Crippen molar-refractivity contribution in [3.63, 3.8) is 0 Å². The van der Waals surface area contributed by atoms with Crippen LogP contribution >= 0.6 is 24.0 Å². The molecule has 2 aliphatic rings. The highest BCUT2D eigenvalue weighted by molar-refractivity contribution is 14.0. The van der Waals surface area contributed by atoms with E-state index in [1.165, 1.54) is 6.07 Å². The van der Waals surface area contributed by atoms with E-state index in [1.807, 2.05) is 40.9 Å². The summed E-state index contributed by atoms with van der Waals surface area (Å²) in [4.78, 5) is 23.1. The minimum atomic E-state index is -0.495. The Morgan fingerprint density at radius 1 is 1.37 bits per heavy atom. The molecule has 0 aliphatic carbocycles. The van der Waals surface area contributed by atoms with E-state index < -0.39 is 5.60 Å². The molecule has 0 aromatic heterocycles. The molecule has 3 rings (SSSR count). The van der Waals surface area contributed by atoms with Gasteiger partial charge in [0.05, 0.1) is 18.6 Å². The smallest absolute Gasteiger partial charge is 0.410 e. The highest BCUT2D eigenvalue weighted by Gasteiger charge is 2.36. The molecule has 2 aliphatic heterocycles. The molecule has 7 nitrogen and oxygen atoms in total. The Morgan fingerprint density at radius 3 is 2.73 bits per heavy atom. The summed E-state index contributed by atoms with van der Waals surface area (Å²) in [5.41, 5.74) is 0.429. The van der Waals surface area contributed by atoms with Crippen LogP contribution in [0.2, 0.25) is 0 Å². The molecule has 2 unspecified atom stereocenters. The first-order valence-electron chi connectivity index (χ1n) is 10.1. The van der Waals surface area contributed by atoms with Crippen molar-refractivity contribution in [1.82, 2.24) is 20.0 Å². The monoisotopic (exact) mass is 533 g/mol. The van der Waals surface area contributed by atoms with Crippen molar-refractivity contribution in [2.24, 2.45) is 4.99 Å². The van der Waals surface area contributed by atoms with Crippen LogP contribution in [0.25, 0.3) is 0 Å². The average molecular weight is 533 g/mol. The van der Waals surface area contributed by atoms with Crippen molar-refractivity contribution in [2.45, 2.75) is 38.5 Å². The van der Waals surface area contributed by atoms with Gasteiger partial charge in [0.2, 0.25) is 0 Å². The summed E-state index contributed by atoms with van der Waals surface area (Å²) >= 11 is 0. The average Bonchev–Trinajstić information content (AvgIpc) is 3.02. The maximum Gasteiger partial charge on any atom is 0.410 e. The summed E-state index contributed by atoms with van der Waals surface area (Å²) in [7, 11) is 3.96. The van der Waals surface area contributed by atoms with Gasteiger partial charge in [-0.1, -0.05) is 12.1 Å². The number of likely N-dealkylation sites (N-methyl/N-ethyl adjacent to an activating group) is 1. The Labute approximate surface area is 195 Å². The van der Waals surface area contributed by atoms with E-state index in [0.29, 0.717) is 32.7 Å². The summed E-state index contributed by atoms with van der Waals surface area (Å²) in [5.74, 6) is 0.618. The Balaban J connectivity index is 0.00000320. The largest absolute Gasteiger partial charge is 0.444 e. The van der Waals surface area contributed by atoms with Gasteiger partial charge in [0, 0.05) is 26.2 Å². The molecule has 30 heavy (non-hydrogen) atoms. The first-order valence-corrected chi connectivity index (χ1v) is 10.1. The molecule has 1 amide bonds. The molecule has 1 N–H and O–H groups in total. The lowest BCUT2D eigenvalue weighted by atomic mass is 10.1. The summed E-state index contributed by atoms with van der Waals surface area (Å²) in [6, 6.07) is 6.89. The van der Waals surface area contributed by atoms with E-state index in [9.17, 15) is 9.18 Å². The second-order valence-electron chi connectivity index (χ2n) is 8.85. The number of carbonyl (C=O) groups excluding carboxylic acids is 1. The number of hydrogen-bond acceptors (Lipinski definition) is 6. The van der Waals surface area contributed by atoms with Crippen LogP contribution < -0.4 is 5.32 Å². The van der Waals surface area contributed by atoms with Gasteiger partial charge in [0.25, 0.3) is 0 Å². The number of benzene rings is 1. The molecule has 1 saturated heterocycles. The third-order valence-corrected chi connectivity index (χ3v) is 5.17. The first kappa shape index (κ1) is 24.6. The predicted molar refractivity (Wildman–Crippen MR) is 127 cm³/mol. The number of piperazine rings is 1. The molecular weight excluding hydrogens is 500 g/mol. The Bertz CT molecular complexity index is 768. The number of rotatable bonds is 4. The lowest BCUT2D eigenvalue weighted by Crippen LogP contribution is -2.58. The van der Waals surface area contributed by atoms with E-state index in [-0.39, 0.29) is 48.0 Å². The number of fused-ring (bicyclic) bond motifs is 1. The number of halogens is 2. The summed E-state index contributed by atoms with van der Waals surface area (Å²) in [6.45, 7) is 8.81. The Hall–Kier alpha value is -1.62. The number of ether oxygens (including phenoxy) is 1. The van der Waals surface area contributed by atoms with Crippen LogP contribution in [0, 0.1) is 5.82 Å². The quantitative estimate of drug-likeness (QED) is 0.604. The van der Waals surface area contributed by atoms with Gasteiger partial charge >= 0.3 is 6.09 Å². The van der Waals surface area contributed by atoms with Crippen LogP contribution in [0.15, 0.2) is 29.3 Å². The second kappa shape index (κ2) is 10.1. The van der Waals surface area contributed by atoms with Crippen molar-refractivity contribution in [1.29, 1.82) is 0 Å². The molecule has 1 fully saturated rings. The molecule has 0 bridgehead atoms. The number of aliphatic imine (C=N–C) groups is 1. The lowest BCUT2D eigenvalue weighted by molar-refractivity contribution is 0.0137. The van der Waals surface area contributed by atoms with Crippen LogP contribution in [0.5, 0.6) is 0 Å². The number of carbonyl (C=O) groups is 1. The Kier molecular flexibility index (Phi) is 8.32. The van der Waals surface area contributed by atoms with Crippen molar-refractivity contribution in [2.75, 3.05) is 46.8 Å². The van der Waals surface area contributed by atoms with E-state index in [2.05, 4.69) is 20.1 Å². The zero-order valence-electron chi connectivity index (χ0n) is 18.4. The number of guanidine groups is 1. The maximum absolute atomic E-state index is 13.6. The fourth-order valence-electron chi connectivity index (χ4n) is 3.72. The molecule has 1 aromatic rings. The highest BCUT2D eigenvalue weighted by atomic mass is 127. The van der Waals surface area contributed by atoms with Crippen LogP contribution in [0.3, 0.4) is 0 Å². The van der Waals surface area contributed by atoms with Gasteiger partial charge in [-0.15, -0.1) is 24.0 Å². The van der Waals surface area contributed by atoms with Crippen molar-refractivity contribution >= 4 is 36.0 Å². The maximum atomic E-state index is 13.6. The third-order valence-electron chi connectivity index (χ3n) is 5.17. The van der Waals surface area contributed by atoms with Gasteiger partial charge < -0.3 is 24.8 Å². The number of nitrogens with one attached hydrogen (secondary N) is 1. The fraction of sp³-hybridized carbons (Fsp3) is 0.619. The van der Waals surface area contributed by atoms with E-state index >= 15 is 0 Å². The standard InChI is InChI=1S/C21H32FN5O2.HI/c1-21(2,3)29-20(28)26-9-10-27-17(14-26)12-23-19(27)24-13-18(25(4)5)15-7-6-8-16(22)11-15;/h6-8,11,17-18H,9-10,12-14H2,1-5H3,(H,23,24);1H. The molecule has 0 saturated carbocycles. The van der Waals surface area contributed by atoms with Crippen LogP contribution in [-0.4, -0.2) is 85.2 Å². The SMILES string of the molecule is CN(C)C(CNC1=NCC2CN(C(=O)OC(C)(C)C)CCN12)c1cccc(F)c1.I. The van der Waals surface area contributed by atoms with Gasteiger partial charge in [-0.2, -0.15) is 0 Å². The minimum Gasteiger partial charge on any atom is -0.444 e. The van der Waals surface area contributed by atoms with Gasteiger partial charge in [-0.05, 0) is 52.6 Å². The van der Waals surface area contributed by atoms with Gasteiger partial charge in [0.15, 0.2) is 5.96 Å². The van der Waals surface area contributed by atoms with Gasteiger partial charge in [-0.25, -0.2) is 9.18 Å². The van der Waals surface area contributed by atoms with E-state index in [4.69, 9.17) is 4.74 Å². The number of hydrogen-bond donors (Lipinski definition) is 1. The minimum absolute atomic E-state index is 0. The number of nitrogens with zero attached hydrogens (tertiary/aromatic N) is 4. The van der Waals surface area contributed by atoms with Crippen molar-refractivity contribution in [3.05, 3.63) is 35.6 Å². The third kappa shape index (κ3) is 6.19. The first-order chi connectivity index (χ1) is 13.6. The predicted octanol–water partition coefficient (Wildman–Crippen LogP) is 2.93. The zero-order chi connectivity index (χ0) is 21.2. The molecule has 168 valence electrons. The second-order valence-corrected chi connectivity index (χ2v) is 8.85. The molecule has 1 aromatic carbocycles.